The predicted molar refractivity (Wildman–Crippen MR) is 100 cm³/mol. The van der Waals surface area contributed by atoms with E-state index < -0.39 is 0 Å². The van der Waals surface area contributed by atoms with Gasteiger partial charge in [0.15, 0.2) is 4.34 Å². The molecule has 0 saturated heterocycles. The molecule has 1 aliphatic rings. The van der Waals surface area contributed by atoms with Crippen molar-refractivity contribution in [3.05, 3.63) is 29.8 Å². The fourth-order valence-electron chi connectivity index (χ4n) is 2.20. The number of thioether (sulfide) groups is 1. The molecular weight excluding hydrogens is 340 g/mol. The lowest BCUT2D eigenvalue weighted by molar-refractivity contribution is -0.118. The molecule has 7 heteroatoms. The minimum Gasteiger partial charge on any atom is -0.353 e. The van der Waals surface area contributed by atoms with Gasteiger partial charge in [0.05, 0.1) is 5.75 Å². The van der Waals surface area contributed by atoms with Gasteiger partial charge in [0, 0.05) is 11.7 Å². The highest BCUT2D eigenvalue weighted by molar-refractivity contribution is 8.01. The second-order valence-electron chi connectivity index (χ2n) is 5.93. The zero-order valence-electron chi connectivity index (χ0n) is 13.7. The summed E-state index contributed by atoms with van der Waals surface area (Å²) >= 11 is 2.91. The normalized spacial score (nSPS) is 13.7. The Morgan fingerprint density at radius 1 is 1.29 bits per heavy atom. The number of hydrogen-bond donors (Lipinski definition) is 2. The highest BCUT2D eigenvalue weighted by atomic mass is 32.2. The molecule has 1 aliphatic carbocycles. The largest absolute Gasteiger partial charge is 0.353 e. The maximum atomic E-state index is 11.7. The predicted octanol–water partition coefficient (Wildman–Crippen LogP) is 4.00. The van der Waals surface area contributed by atoms with Crippen LogP contribution in [0.15, 0.2) is 28.6 Å². The second kappa shape index (κ2) is 8.48. The van der Waals surface area contributed by atoms with Crippen LogP contribution >= 0.6 is 23.1 Å². The van der Waals surface area contributed by atoms with Gasteiger partial charge < -0.3 is 10.6 Å². The number of hydrogen-bond acceptors (Lipinski definition) is 6. The van der Waals surface area contributed by atoms with Crippen LogP contribution in [0.4, 0.5) is 10.8 Å². The molecule has 0 radical (unpaired) electrons. The van der Waals surface area contributed by atoms with Gasteiger partial charge in [-0.3, -0.25) is 4.79 Å². The first-order valence-electron chi connectivity index (χ1n) is 8.34. The van der Waals surface area contributed by atoms with Gasteiger partial charge in [-0.25, -0.2) is 0 Å². The zero-order valence-corrected chi connectivity index (χ0v) is 15.4. The number of amides is 1. The fraction of sp³-hybridized carbons (Fsp3) is 0.471. The Hall–Kier alpha value is -1.60. The minimum atomic E-state index is 0.0786. The van der Waals surface area contributed by atoms with Crippen LogP contribution in [-0.2, 0) is 11.2 Å². The monoisotopic (exact) mass is 362 g/mol. The van der Waals surface area contributed by atoms with Crippen LogP contribution in [0.3, 0.4) is 0 Å². The molecule has 1 aromatic carbocycles. The van der Waals surface area contributed by atoms with Crippen molar-refractivity contribution in [2.24, 2.45) is 0 Å². The van der Waals surface area contributed by atoms with Crippen molar-refractivity contribution in [1.29, 1.82) is 0 Å². The Balaban J connectivity index is 1.47. The van der Waals surface area contributed by atoms with Crippen molar-refractivity contribution in [3.8, 4) is 0 Å². The Labute approximate surface area is 150 Å². The van der Waals surface area contributed by atoms with Gasteiger partial charge in [-0.15, -0.1) is 10.2 Å². The topological polar surface area (TPSA) is 66.9 Å². The van der Waals surface area contributed by atoms with Gasteiger partial charge in [0.1, 0.15) is 0 Å². The maximum absolute atomic E-state index is 11.7. The number of anilines is 2. The third-order valence-electron chi connectivity index (χ3n) is 3.70. The lowest BCUT2D eigenvalue weighted by Crippen LogP contribution is -2.26. The molecule has 0 atom stereocenters. The summed E-state index contributed by atoms with van der Waals surface area (Å²) < 4.78 is 0.808. The molecule has 0 bridgehead atoms. The molecule has 0 unspecified atom stereocenters. The van der Waals surface area contributed by atoms with Gasteiger partial charge in [-0.2, -0.15) is 0 Å². The molecule has 1 heterocycles. The van der Waals surface area contributed by atoms with Crippen molar-refractivity contribution in [3.63, 3.8) is 0 Å². The summed E-state index contributed by atoms with van der Waals surface area (Å²) in [5.74, 6) is 0.479. The van der Waals surface area contributed by atoms with E-state index in [2.05, 4.69) is 52.0 Å². The molecule has 1 aromatic heterocycles. The van der Waals surface area contributed by atoms with E-state index >= 15 is 0 Å². The number of carbonyl (C=O) groups is 1. The molecule has 128 valence electrons. The van der Waals surface area contributed by atoms with Crippen molar-refractivity contribution >= 4 is 39.8 Å². The minimum absolute atomic E-state index is 0.0786. The zero-order chi connectivity index (χ0) is 16.8. The van der Waals surface area contributed by atoms with E-state index in [0.717, 1.165) is 34.4 Å². The molecular formula is C17H22N4OS2. The van der Waals surface area contributed by atoms with E-state index in [1.807, 2.05) is 0 Å². The Kier molecular flexibility index (Phi) is 6.09. The van der Waals surface area contributed by atoms with Crippen molar-refractivity contribution in [1.82, 2.24) is 15.5 Å². The third kappa shape index (κ3) is 5.49. The number of nitrogens with one attached hydrogen (secondary N) is 2. The average Bonchev–Trinajstić information content (AvgIpc) is 3.29. The summed E-state index contributed by atoms with van der Waals surface area (Å²) in [7, 11) is 0. The van der Waals surface area contributed by atoms with Crippen LogP contribution < -0.4 is 10.6 Å². The number of rotatable bonds is 9. The van der Waals surface area contributed by atoms with E-state index in [0.29, 0.717) is 11.8 Å². The van der Waals surface area contributed by atoms with E-state index in [4.69, 9.17) is 0 Å². The number of aryl methyl sites for hydroxylation is 1. The molecule has 0 spiro atoms. The van der Waals surface area contributed by atoms with Crippen LogP contribution in [0.25, 0.3) is 0 Å². The number of aromatic nitrogens is 2. The first-order chi connectivity index (χ1) is 11.7. The van der Waals surface area contributed by atoms with Crippen molar-refractivity contribution in [2.45, 2.75) is 49.4 Å². The first-order valence-corrected chi connectivity index (χ1v) is 10.1. The van der Waals surface area contributed by atoms with Gasteiger partial charge >= 0.3 is 0 Å². The Bertz CT molecular complexity index is 667. The number of carbonyl (C=O) groups excluding carboxylic acids is 1. The summed E-state index contributed by atoms with van der Waals surface area (Å²) in [6, 6.07) is 8.85. The molecule has 5 nitrogen and oxygen atoms in total. The summed E-state index contributed by atoms with van der Waals surface area (Å²) in [6.07, 6.45) is 5.78. The number of nitrogens with zero attached hydrogens (tertiary/aromatic N) is 2. The van der Waals surface area contributed by atoms with E-state index in [1.165, 1.54) is 41.5 Å². The van der Waals surface area contributed by atoms with Gasteiger partial charge in [-0.1, -0.05) is 48.6 Å². The van der Waals surface area contributed by atoms with E-state index in [-0.39, 0.29) is 5.91 Å². The highest BCUT2D eigenvalue weighted by Gasteiger charge is 2.23. The van der Waals surface area contributed by atoms with E-state index in [1.54, 1.807) is 0 Å². The summed E-state index contributed by atoms with van der Waals surface area (Å²) in [5, 5.41) is 15.3. The van der Waals surface area contributed by atoms with Gasteiger partial charge in [0.2, 0.25) is 11.0 Å². The smallest absolute Gasteiger partial charge is 0.230 e. The fourth-order valence-corrected chi connectivity index (χ4v) is 3.79. The van der Waals surface area contributed by atoms with Crippen molar-refractivity contribution < 1.29 is 4.79 Å². The molecule has 3 rings (SSSR count). The Morgan fingerprint density at radius 2 is 2.08 bits per heavy atom. The third-order valence-corrected chi connectivity index (χ3v) is 5.67. The van der Waals surface area contributed by atoms with Crippen LogP contribution in [0, 0.1) is 0 Å². The van der Waals surface area contributed by atoms with E-state index in [9.17, 15) is 4.79 Å². The quantitative estimate of drug-likeness (QED) is 0.660. The Morgan fingerprint density at radius 3 is 2.79 bits per heavy atom. The number of benzene rings is 1. The van der Waals surface area contributed by atoms with Crippen LogP contribution in [-0.4, -0.2) is 27.9 Å². The van der Waals surface area contributed by atoms with Crippen LogP contribution in [0.2, 0.25) is 0 Å². The van der Waals surface area contributed by atoms with Gasteiger partial charge in [-0.05, 0) is 43.4 Å². The average molecular weight is 363 g/mol. The molecule has 24 heavy (non-hydrogen) atoms. The molecule has 2 aromatic rings. The lowest BCUT2D eigenvalue weighted by Gasteiger charge is -2.04. The molecule has 1 amide bonds. The second-order valence-corrected chi connectivity index (χ2v) is 8.13. The summed E-state index contributed by atoms with van der Waals surface area (Å²) in [5.41, 5.74) is 2.37. The molecule has 2 N–H and O–H groups in total. The molecule has 1 fully saturated rings. The van der Waals surface area contributed by atoms with Gasteiger partial charge in [0.25, 0.3) is 0 Å². The highest BCUT2D eigenvalue weighted by Crippen LogP contribution is 2.28. The number of unbranched alkanes of at least 4 members (excludes halogenated alkanes) is 1. The SMILES string of the molecule is CCCCc1ccc(Nc2nnc(SCC(=O)NC3CC3)s2)cc1. The molecule has 1 saturated carbocycles. The lowest BCUT2D eigenvalue weighted by atomic mass is 10.1. The maximum Gasteiger partial charge on any atom is 0.230 e. The van der Waals surface area contributed by atoms with Crippen molar-refractivity contribution in [2.75, 3.05) is 11.1 Å². The first kappa shape index (κ1) is 17.2. The summed E-state index contributed by atoms with van der Waals surface area (Å²) in [6.45, 7) is 2.20. The standard InChI is InChI=1S/C17H22N4OS2/c1-2-3-4-12-5-7-14(8-6-12)19-16-20-21-17(24-16)23-11-15(22)18-13-9-10-13/h5-8,13H,2-4,9-11H2,1H3,(H,18,22)(H,19,20). The van der Waals surface area contributed by atoms with Crippen LogP contribution in [0.1, 0.15) is 38.2 Å². The molecule has 0 aliphatic heterocycles. The summed E-state index contributed by atoms with van der Waals surface area (Å²) in [4.78, 5) is 11.7. The van der Waals surface area contributed by atoms with Crippen LogP contribution in [0.5, 0.6) is 0 Å².